The molecular weight excluding hydrogens is 269 g/mol. The van der Waals surface area contributed by atoms with Crippen molar-refractivity contribution in [3.8, 4) is 0 Å². The van der Waals surface area contributed by atoms with Crippen molar-refractivity contribution < 1.29 is 27.1 Å². The Morgan fingerprint density at radius 3 is 2.18 bits per heavy atom. The van der Waals surface area contributed by atoms with Crippen molar-refractivity contribution >= 4 is 12.4 Å². The normalized spacial score (nSPS) is 15.0. The first-order valence-electron chi connectivity index (χ1n) is 4.19. The van der Waals surface area contributed by atoms with Gasteiger partial charge in [-0.1, -0.05) is 12.1 Å². The van der Waals surface area contributed by atoms with E-state index < -0.39 is 35.5 Å². The summed E-state index contributed by atoms with van der Waals surface area (Å²) in [6, 6.07) is 0.580. The smallest absolute Gasteiger partial charge is 0.382 e. The van der Waals surface area contributed by atoms with E-state index in [0.717, 1.165) is 18.2 Å². The molecule has 17 heavy (non-hydrogen) atoms. The average Bonchev–Trinajstić information content (AvgIpc) is 2.18. The standard InChI is InChI=1S/C9H8F5NO.ClH/c10-5-3-1-2-4(6(5)11)7(15)8(16)9(12,13)14;/h1-3,7-8,16H,15H2;1H/t7-,8-;/m0./s1. The molecule has 0 amide bonds. The number of alkyl halides is 3. The van der Waals surface area contributed by atoms with Crippen LogP contribution in [0.15, 0.2) is 18.2 Å². The lowest BCUT2D eigenvalue weighted by Crippen LogP contribution is -2.39. The lowest BCUT2D eigenvalue weighted by Gasteiger charge is -2.21. The van der Waals surface area contributed by atoms with Crippen molar-refractivity contribution in [2.75, 3.05) is 0 Å². The average molecular weight is 278 g/mol. The summed E-state index contributed by atoms with van der Waals surface area (Å²) in [7, 11) is 0. The van der Waals surface area contributed by atoms with Gasteiger partial charge < -0.3 is 10.8 Å². The van der Waals surface area contributed by atoms with Crippen LogP contribution >= 0.6 is 12.4 Å². The van der Waals surface area contributed by atoms with Crippen LogP contribution < -0.4 is 5.73 Å². The second kappa shape index (κ2) is 5.61. The summed E-state index contributed by atoms with van der Waals surface area (Å²) in [6.07, 6.45) is -7.93. The predicted molar refractivity (Wildman–Crippen MR) is 52.6 cm³/mol. The van der Waals surface area contributed by atoms with Gasteiger partial charge in [-0.05, 0) is 6.07 Å². The summed E-state index contributed by atoms with van der Waals surface area (Å²) in [5.74, 6) is -2.80. The molecule has 0 saturated carbocycles. The maximum absolute atomic E-state index is 13.1. The van der Waals surface area contributed by atoms with Crippen LogP contribution in [0.2, 0.25) is 0 Å². The van der Waals surface area contributed by atoms with Gasteiger partial charge in [0.15, 0.2) is 17.7 Å². The van der Waals surface area contributed by atoms with Gasteiger partial charge in [-0.3, -0.25) is 0 Å². The van der Waals surface area contributed by atoms with Crippen LogP contribution in [0.25, 0.3) is 0 Å². The Labute approximate surface area is 99.6 Å². The van der Waals surface area contributed by atoms with Gasteiger partial charge in [-0.25, -0.2) is 8.78 Å². The van der Waals surface area contributed by atoms with Crippen LogP contribution in [-0.4, -0.2) is 17.4 Å². The summed E-state index contributed by atoms with van der Waals surface area (Å²) in [5, 5.41) is 8.78. The first-order chi connectivity index (χ1) is 7.25. The Morgan fingerprint density at radius 2 is 1.71 bits per heavy atom. The third-order valence-electron chi connectivity index (χ3n) is 2.02. The minimum atomic E-state index is -4.99. The van der Waals surface area contributed by atoms with Crippen LogP contribution in [0.3, 0.4) is 0 Å². The number of aliphatic hydroxyl groups is 1. The largest absolute Gasteiger partial charge is 0.416 e. The monoisotopic (exact) mass is 277 g/mol. The zero-order valence-corrected chi connectivity index (χ0v) is 9.03. The van der Waals surface area contributed by atoms with Gasteiger partial charge in [-0.15, -0.1) is 12.4 Å². The summed E-state index contributed by atoms with van der Waals surface area (Å²) in [6.45, 7) is 0. The fraction of sp³-hybridized carbons (Fsp3) is 0.333. The highest BCUT2D eigenvalue weighted by molar-refractivity contribution is 5.85. The zero-order chi connectivity index (χ0) is 12.5. The number of aliphatic hydroxyl groups excluding tert-OH is 1. The summed E-state index contributed by atoms with van der Waals surface area (Å²) < 4.78 is 62.0. The number of nitrogens with two attached hydrogens (primary N) is 1. The van der Waals surface area contributed by atoms with Crippen LogP contribution in [0.1, 0.15) is 11.6 Å². The molecule has 3 N–H and O–H groups in total. The van der Waals surface area contributed by atoms with Crippen molar-refractivity contribution in [1.82, 2.24) is 0 Å². The summed E-state index contributed by atoms with van der Waals surface area (Å²) in [4.78, 5) is 0. The molecule has 0 spiro atoms. The zero-order valence-electron chi connectivity index (χ0n) is 8.21. The third-order valence-corrected chi connectivity index (χ3v) is 2.02. The molecule has 2 atom stereocenters. The number of halogens is 6. The molecule has 1 rings (SSSR count). The Bertz CT molecular complexity index is 384. The van der Waals surface area contributed by atoms with Gasteiger partial charge in [0.1, 0.15) is 0 Å². The number of benzene rings is 1. The van der Waals surface area contributed by atoms with Crippen LogP contribution in [-0.2, 0) is 0 Å². The number of rotatable bonds is 2. The third kappa shape index (κ3) is 3.52. The highest BCUT2D eigenvalue weighted by Gasteiger charge is 2.43. The molecule has 2 nitrogen and oxygen atoms in total. The van der Waals surface area contributed by atoms with Gasteiger partial charge in [0.2, 0.25) is 0 Å². The Hall–Kier alpha value is -0.920. The molecule has 0 aliphatic rings. The fourth-order valence-electron chi connectivity index (χ4n) is 1.15. The Kier molecular flexibility index (Phi) is 5.31. The molecule has 8 heteroatoms. The molecule has 0 aliphatic carbocycles. The maximum atomic E-state index is 13.1. The molecule has 0 bridgehead atoms. The predicted octanol–water partition coefficient (Wildman–Crippen LogP) is 2.31. The van der Waals surface area contributed by atoms with Crippen molar-refractivity contribution in [2.24, 2.45) is 5.73 Å². The van der Waals surface area contributed by atoms with Crippen LogP contribution in [0.4, 0.5) is 22.0 Å². The van der Waals surface area contributed by atoms with E-state index in [1.807, 2.05) is 0 Å². The Balaban J connectivity index is 0.00000256. The molecule has 0 radical (unpaired) electrons. The molecule has 1 aromatic carbocycles. The highest BCUT2D eigenvalue weighted by atomic mass is 35.5. The van der Waals surface area contributed by atoms with Gasteiger partial charge >= 0.3 is 6.18 Å². The first kappa shape index (κ1) is 16.1. The maximum Gasteiger partial charge on any atom is 0.416 e. The summed E-state index contributed by atoms with van der Waals surface area (Å²) >= 11 is 0. The number of hydrogen-bond acceptors (Lipinski definition) is 2. The van der Waals surface area contributed by atoms with Gasteiger partial charge in [0, 0.05) is 5.56 Å². The topological polar surface area (TPSA) is 46.2 Å². The highest BCUT2D eigenvalue weighted by Crippen LogP contribution is 2.30. The van der Waals surface area contributed by atoms with E-state index >= 15 is 0 Å². The minimum Gasteiger partial charge on any atom is -0.382 e. The first-order valence-corrected chi connectivity index (χ1v) is 4.19. The molecular formula is C9H9ClF5NO. The van der Waals surface area contributed by atoms with E-state index in [2.05, 4.69) is 0 Å². The number of hydrogen-bond donors (Lipinski definition) is 2. The fourth-order valence-corrected chi connectivity index (χ4v) is 1.15. The molecule has 0 aliphatic heterocycles. The summed E-state index contributed by atoms with van der Waals surface area (Å²) in [5.41, 5.74) is 4.30. The van der Waals surface area contributed by atoms with E-state index in [4.69, 9.17) is 10.8 Å². The van der Waals surface area contributed by atoms with E-state index in [9.17, 15) is 22.0 Å². The van der Waals surface area contributed by atoms with Crippen molar-refractivity contribution in [2.45, 2.75) is 18.3 Å². The van der Waals surface area contributed by atoms with E-state index in [-0.39, 0.29) is 12.4 Å². The second-order valence-electron chi connectivity index (χ2n) is 3.16. The van der Waals surface area contributed by atoms with E-state index in [1.165, 1.54) is 0 Å². The minimum absolute atomic E-state index is 0. The lowest BCUT2D eigenvalue weighted by atomic mass is 10.0. The van der Waals surface area contributed by atoms with Crippen LogP contribution in [0.5, 0.6) is 0 Å². The molecule has 0 aromatic heterocycles. The van der Waals surface area contributed by atoms with Crippen molar-refractivity contribution in [3.05, 3.63) is 35.4 Å². The molecule has 0 saturated heterocycles. The van der Waals surface area contributed by atoms with Gasteiger partial charge in [0.05, 0.1) is 6.04 Å². The second-order valence-corrected chi connectivity index (χ2v) is 3.16. The quantitative estimate of drug-likeness (QED) is 0.815. The van der Waals surface area contributed by atoms with Crippen molar-refractivity contribution in [1.29, 1.82) is 0 Å². The van der Waals surface area contributed by atoms with E-state index in [0.29, 0.717) is 0 Å². The molecule has 0 unspecified atom stereocenters. The molecule has 98 valence electrons. The SMILES string of the molecule is Cl.N[C@@H](c1cccc(F)c1F)[C@H](O)C(F)(F)F. The van der Waals surface area contributed by atoms with Gasteiger partial charge in [-0.2, -0.15) is 13.2 Å². The molecule has 1 aromatic rings. The Morgan fingerprint density at radius 1 is 1.18 bits per heavy atom. The van der Waals surface area contributed by atoms with E-state index in [1.54, 1.807) is 0 Å². The van der Waals surface area contributed by atoms with Crippen LogP contribution in [0, 0.1) is 11.6 Å². The molecule has 0 heterocycles. The molecule has 0 fully saturated rings. The lowest BCUT2D eigenvalue weighted by molar-refractivity contribution is -0.210. The van der Waals surface area contributed by atoms with Gasteiger partial charge in [0.25, 0.3) is 0 Å². The van der Waals surface area contributed by atoms with Crippen molar-refractivity contribution in [3.63, 3.8) is 0 Å².